The van der Waals surface area contributed by atoms with Crippen LogP contribution in [0.3, 0.4) is 0 Å². The number of nitrogens with zero attached hydrogens (tertiary/aromatic N) is 2. The molecule has 0 bridgehead atoms. The average molecular weight is 377 g/mol. The fourth-order valence-electron chi connectivity index (χ4n) is 3.21. The second kappa shape index (κ2) is 9.76. The normalized spacial score (nSPS) is 12.6. The van der Waals surface area contributed by atoms with Crippen molar-refractivity contribution in [3.05, 3.63) is 58.3 Å². The van der Waals surface area contributed by atoms with E-state index in [0.717, 1.165) is 23.2 Å². The summed E-state index contributed by atoms with van der Waals surface area (Å²) < 4.78 is 33.6. The van der Waals surface area contributed by atoms with E-state index in [9.17, 15) is 8.78 Å². The number of aryl methyl sites for hydroxylation is 4. The molecule has 148 valence electrons. The van der Waals surface area contributed by atoms with Crippen molar-refractivity contribution in [2.24, 2.45) is 0 Å². The molecule has 27 heavy (non-hydrogen) atoms. The van der Waals surface area contributed by atoms with Crippen LogP contribution in [0.4, 0.5) is 14.6 Å². The second-order valence-corrected chi connectivity index (χ2v) is 7.22. The molecule has 0 aliphatic heterocycles. The molecule has 2 rings (SSSR count). The smallest absolute Gasteiger partial charge is 0.162 e. The van der Waals surface area contributed by atoms with Crippen LogP contribution in [0, 0.1) is 18.6 Å². The zero-order valence-electron chi connectivity index (χ0n) is 16.6. The van der Waals surface area contributed by atoms with Crippen LogP contribution in [0.15, 0.2) is 24.3 Å². The second-order valence-electron chi connectivity index (χ2n) is 7.22. The van der Waals surface area contributed by atoms with Crippen molar-refractivity contribution in [1.82, 2.24) is 9.88 Å². The highest BCUT2D eigenvalue weighted by molar-refractivity contribution is 5.35. The van der Waals surface area contributed by atoms with E-state index in [1.807, 2.05) is 27.1 Å². The lowest BCUT2D eigenvalue weighted by atomic mass is 9.99. The molecule has 0 aliphatic rings. The van der Waals surface area contributed by atoms with Gasteiger partial charge in [-0.3, -0.25) is 0 Å². The first-order valence-electron chi connectivity index (χ1n) is 9.15. The Bertz CT molecular complexity index is 745. The minimum atomic E-state index is -0.799. The van der Waals surface area contributed by atoms with Crippen LogP contribution in [0.5, 0.6) is 0 Å². The van der Waals surface area contributed by atoms with Gasteiger partial charge in [0.2, 0.25) is 0 Å². The maximum absolute atomic E-state index is 14.2. The van der Waals surface area contributed by atoms with Crippen molar-refractivity contribution in [3.63, 3.8) is 0 Å². The lowest BCUT2D eigenvalue weighted by Crippen LogP contribution is -2.32. The summed E-state index contributed by atoms with van der Waals surface area (Å²) in [6, 6.07) is 6.98. The summed E-state index contributed by atoms with van der Waals surface area (Å²) in [4.78, 5) is 6.35. The fourth-order valence-corrected chi connectivity index (χ4v) is 3.21. The third-order valence-electron chi connectivity index (χ3n) is 4.71. The number of hydrogen-bond acceptors (Lipinski definition) is 4. The zero-order chi connectivity index (χ0) is 20.0. The highest BCUT2D eigenvalue weighted by Gasteiger charge is 2.15. The predicted octanol–water partition coefficient (Wildman–Crippen LogP) is 3.54. The molecule has 0 spiro atoms. The summed E-state index contributed by atoms with van der Waals surface area (Å²) in [6.45, 7) is 2.54. The largest absolute Gasteiger partial charge is 0.384 e. The van der Waals surface area contributed by atoms with Crippen LogP contribution in [0.1, 0.15) is 28.8 Å². The molecule has 0 radical (unpaired) electrons. The Morgan fingerprint density at radius 1 is 1.11 bits per heavy atom. The predicted molar refractivity (Wildman–Crippen MR) is 105 cm³/mol. The van der Waals surface area contributed by atoms with Crippen molar-refractivity contribution in [2.45, 2.75) is 38.6 Å². The maximum atomic E-state index is 14.2. The molecule has 1 aromatic carbocycles. The fraction of sp³-hybridized carbons (Fsp3) is 0.476. The molecule has 1 heterocycles. The summed E-state index contributed by atoms with van der Waals surface area (Å²) in [7, 11) is 5.64. The SMILES string of the molecule is COCC(CCc1cc(F)c(F)c(CCc2cc(C)cc(N)n2)c1)N(C)C. The molecule has 0 amide bonds. The molecule has 0 saturated carbocycles. The van der Waals surface area contributed by atoms with Crippen molar-refractivity contribution >= 4 is 5.82 Å². The molecule has 2 N–H and O–H groups in total. The molecule has 1 aromatic heterocycles. The Balaban J connectivity index is 2.10. The standard InChI is InChI=1S/C21H29F2N3O/c1-14-9-17(25-20(24)10-14)7-6-16-11-15(12-19(22)21(16)23)5-8-18(13-27-4)26(2)3/h9-12,18H,5-8,13H2,1-4H3,(H2,24,25). The van der Waals surface area contributed by atoms with Crippen molar-refractivity contribution in [2.75, 3.05) is 33.5 Å². The number of rotatable bonds is 9. The summed E-state index contributed by atoms with van der Waals surface area (Å²) >= 11 is 0. The van der Waals surface area contributed by atoms with Crippen LogP contribution in [0.25, 0.3) is 0 Å². The van der Waals surface area contributed by atoms with Gasteiger partial charge in [-0.15, -0.1) is 0 Å². The number of hydrogen-bond donors (Lipinski definition) is 1. The van der Waals surface area contributed by atoms with Gasteiger partial charge in [0.05, 0.1) is 6.61 Å². The Kier molecular flexibility index (Phi) is 7.68. The monoisotopic (exact) mass is 377 g/mol. The molecule has 0 saturated heterocycles. The summed E-state index contributed by atoms with van der Waals surface area (Å²) in [5.74, 6) is -1.13. The first-order valence-corrected chi connectivity index (χ1v) is 9.15. The molecule has 1 unspecified atom stereocenters. The zero-order valence-corrected chi connectivity index (χ0v) is 16.6. The number of likely N-dealkylation sites (N-methyl/N-ethyl adjacent to an activating group) is 1. The number of nitrogens with two attached hydrogens (primary N) is 1. The molecule has 0 fully saturated rings. The number of ether oxygens (including phenoxy) is 1. The van der Waals surface area contributed by atoms with E-state index >= 15 is 0 Å². The van der Waals surface area contributed by atoms with Crippen LogP contribution in [0.2, 0.25) is 0 Å². The van der Waals surface area contributed by atoms with Crippen molar-refractivity contribution < 1.29 is 13.5 Å². The topological polar surface area (TPSA) is 51.4 Å². The Morgan fingerprint density at radius 3 is 2.48 bits per heavy atom. The highest BCUT2D eigenvalue weighted by atomic mass is 19.2. The van der Waals surface area contributed by atoms with Gasteiger partial charge in [0.1, 0.15) is 5.82 Å². The quantitative estimate of drug-likeness (QED) is 0.726. The first kappa shape index (κ1) is 21.3. The minimum absolute atomic E-state index is 0.228. The Hall–Kier alpha value is -2.05. The lowest BCUT2D eigenvalue weighted by molar-refractivity contribution is 0.115. The van der Waals surface area contributed by atoms with Crippen molar-refractivity contribution in [1.29, 1.82) is 0 Å². The molecule has 2 aromatic rings. The highest BCUT2D eigenvalue weighted by Crippen LogP contribution is 2.20. The van der Waals surface area contributed by atoms with Gasteiger partial charge in [-0.05, 0) is 81.6 Å². The van der Waals surface area contributed by atoms with Gasteiger partial charge in [-0.2, -0.15) is 0 Å². The molecule has 4 nitrogen and oxygen atoms in total. The Labute approximate surface area is 160 Å². The molecule has 6 heteroatoms. The van der Waals surface area contributed by atoms with Gasteiger partial charge in [-0.1, -0.05) is 6.07 Å². The van der Waals surface area contributed by atoms with Gasteiger partial charge < -0.3 is 15.4 Å². The summed E-state index contributed by atoms with van der Waals surface area (Å²) in [6.07, 6.45) is 2.35. The van der Waals surface area contributed by atoms with E-state index in [1.54, 1.807) is 19.2 Å². The molecular formula is C21H29F2N3O. The van der Waals surface area contributed by atoms with E-state index in [1.165, 1.54) is 6.07 Å². The average Bonchev–Trinajstić information content (AvgIpc) is 2.59. The number of methoxy groups -OCH3 is 1. The van der Waals surface area contributed by atoms with Gasteiger partial charge >= 0.3 is 0 Å². The number of pyridine rings is 1. The number of halogens is 2. The lowest BCUT2D eigenvalue weighted by Gasteiger charge is -2.23. The van der Waals surface area contributed by atoms with Crippen molar-refractivity contribution in [3.8, 4) is 0 Å². The van der Waals surface area contributed by atoms with Gasteiger partial charge in [0, 0.05) is 18.8 Å². The summed E-state index contributed by atoms with van der Waals surface area (Å²) in [5, 5.41) is 0. The van der Waals surface area contributed by atoms with Gasteiger partial charge in [0.25, 0.3) is 0 Å². The van der Waals surface area contributed by atoms with Crippen LogP contribution < -0.4 is 5.73 Å². The van der Waals surface area contributed by atoms with Gasteiger partial charge in [0.15, 0.2) is 11.6 Å². The first-order chi connectivity index (χ1) is 12.8. The molecule has 1 atom stereocenters. The molecular weight excluding hydrogens is 348 g/mol. The van der Waals surface area contributed by atoms with Crippen LogP contribution in [-0.4, -0.2) is 43.7 Å². The van der Waals surface area contributed by atoms with E-state index in [2.05, 4.69) is 9.88 Å². The van der Waals surface area contributed by atoms with Gasteiger partial charge in [-0.25, -0.2) is 13.8 Å². The number of benzene rings is 1. The maximum Gasteiger partial charge on any atom is 0.162 e. The number of aromatic nitrogens is 1. The third-order valence-corrected chi connectivity index (χ3v) is 4.71. The van der Waals surface area contributed by atoms with Crippen LogP contribution >= 0.6 is 0 Å². The van der Waals surface area contributed by atoms with E-state index < -0.39 is 11.6 Å². The van der Waals surface area contributed by atoms with E-state index in [0.29, 0.717) is 37.3 Å². The van der Waals surface area contributed by atoms with E-state index in [4.69, 9.17) is 10.5 Å². The summed E-state index contributed by atoms with van der Waals surface area (Å²) in [5.41, 5.74) is 8.72. The minimum Gasteiger partial charge on any atom is -0.384 e. The number of nitrogen functional groups attached to an aromatic ring is 1. The van der Waals surface area contributed by atoms with Crippen LogP contribution in [-0.2, 0) is 24.0 Å². The Morgan fingerprint density at radius 2 is 1.85 bits per heavy atom. The van der Waals surface area contributed by atoms with E-state index in [-0.39, 0.29) is 6.04 Å². The molecule has 0 aliphatic carbocycles. The third kappa shape index (κ3) is 6.26. The number of anilines is 1.